The molecule has 0 aliphatic rings. The van der Waals surface area contributed by atoms with E-state index in [0.29, 0.717) is 24.1 Å². The van der Waals surface area contributed by atoms with Crippen LogP contribution in [0.4, 0.5) is 10.5 Å². The first kappa shape index (κ1) is 22.4. The molecule has 0 aliphatic heterocycles. The number of hydrogen-bond donors (Lipinski definition) is 3. The van der Waals surface area contributed by atoms with Crippen molar-refractivity contribution in [1.29, 1.82) is 0 Å². The van der Waals surface area contributed by atoms with Crippen LogP contribution in [0.1, 0.15) is 24.5 Å². The summed E-state index contributed by atoms with van der Waals surface area (Å²) in [6.45, 7) is 0. The molecule has 3 N–H and O–H groups in total. The van der Waals surface area contributed by atoms with Crippen molar-refractivity contribution in [3.63, 3.8) is 0 Å². The number of benzene rings is 2. The van der Waals surface area contributed by atoms with E-state index < -0.39 is 24.3 Å². The Hall–Kier alpha value is -2.84. The minimum Gasteiger partial charge on any atom is -0.508 e. The Morgan fingerprint density at radius 1 is 1.14 bits per heavy atom. The molecule has 0 aliphatic carbocycles. The van der Waals surface area contributed by atoms with Crippen LogP contribution in [0.15, 0.2) is 65.2 Å². The molecule has 154 valence electrons. The van der Waals surface area contributed by atoms with Crippen molar-refractivity contribution in [3.8, 4) is 5.75 Å². The smallest absolute Gasteiger partial charge is 0.412 e. The second kappa shape index (κ2) is 11.2. The number of carbonyl (C=O) groups excluding carboxylic acids is 1. The molecule has 0 aromatic heterocycles. The third-order valence-electron chi connectivity index (χ3n) is 4.06. The number of ether oxygens (including phenoxy) is 2. The van der Waals surface area contributed by atoms with Crippen molar-refractivity contribution in [2.75, 3.05) is 12.4 Å². The summed E-state index contributed by atoms with van der Waals surface area (Å²) >= 11 is 3.33. The Morgan fingerprint density at radius 2 is 1.79 bits per heavy atom. The highest BCUT2D eigenvalue weighted by Crippen LogP contribution is 2.28. The molecule has 0 saturated heterocycles. The Kier molecular flexibility index (Phi) is 8.69. The van der Waals surface area contributed by atoms with Gasteiger partial charge in [-0.15, -0.1) is 0 Å². The molecule has 1 amide bonds. The molecule has 0 spiro atoms. The number of allylic oxidation sites excluding steroid dienone is 1. The van der Waals surface area contributed by atoms with E-state index in [9.17, 15) is 14.7 Å². The monoisotopic (exact) mass is 463 g/mol. The molecule has 0 fully saturated rings. The van der Waals surface area contributed by atoms with Crippen LogP contribution in [0.2, 0.25) is 0 Å². The number of methoxy groups -OCH3 is 1. The van der Waals surface area contributed by atoms with Gasteiger partial charge in [-0.1, -0.05) is 34.1 Å². The van der Waals surface area contributed by atoms with Crippen molar-refractivity contribution in [2.45, 2.75) is 25.0 Å². The number of hydrogen-bond acceptors (Lipinski definition) is 5. The summed E-state index contributed by atoms with van der Waals surface area (Å²) in [6.07, 6.45) is 1.50. The largest absolute Gasteiger partial charge is 0.508 e. The molecule has 0 unspecified atom stereocenters. The maximum Gasteiger partial charge on any atom is 0.412 e. The Balaban J connectivity index is 2.14. The van der Waals surface area contributed by atoms with Crippen molar-refractivity contribution in [2.24, 2.45) is 0 Å². The van der Waals surface area contributed by atoms with Crippen LogP contribution in [0, 0.1) is 0 Å². The van der Waals surface area contributed by atoms with E-state index in [-0.39, 0.29) is 5.75 Å². The summed E-state index contributed by atoms with van der Waals surface area (Å²) in [5.41, 5.74) is 1.21. The molecule has 29 heavy (non-hydrogen) atoms. The van der Waals surface area contributed by atoms with E-state index in [4.69, 9.17) is 14.6 Å². The predicted molar refractivity (Wildman–Crippen MR) is 112 cm³/mol. The zero-order valence-corrected chi connectivity index (χ0v) is 17.3. The van der Waals surface area contributed by atoms with Gasteiger partial charge in [-0.2, -0.15) is 0 Å². The summed E-state index contributed by atoms with van der Waals surface area (Å²) < 4.78 is 12.0. The lowest BCUT2D eigenvalue weighted by molar-refractivity contribution is -0.131. The summed E-state index contributed by atoms with van der Waals surface area (Å²) in [6, 6.07) is 13.3. The van der Waals surface area contributed by atoms with Gasteiger partial charge in [-0.05, 0) is 54.8 Å². The first-order valence-electron chi connectivity index (χ1n) is 8.83. The number of carboxylic acids is 1. The molecular weight excluding hydrogens is 442 g/mol. The standard InChI is InChI=1S/C21H22BrNO6/c1-28-18(4-2-3-5-19(25)26)20(14-6-12-17(24)13-7-14)29-21(27)23-16-10-8-15(22)9-11-16/h3,5-13,18,20,24H,2,4H2,1H3,(H,23,27)(H,25,26)/b5-3+/t18-,20-/m1/s1. The molecular formula is C21H22BrNO6. The Morgan fingerprint density at radius 3 is 2.38 bits per heavy atom. The minimum absolute atomic E-state index is 0.0881. The van der Waals surface area contributed by atoms with Crippen LogP contribution in [0.3, 0.4) is 0 Å². The average molecular weight is 464 g/mol. The number of carboxylic acid groups (broad SMARTS) is 1. The molecule has 2 atom stereocenters. The summed E-state index contributed by atoms with van der Waals surface area (Å²) in [5, 5.41) is 20.9. The van der Waals surface area contributed by atoms with Crippen LogP contribution in [-0.2, 0) is 14.3 Å². The van der Waals surface area contributed by atoms with Crippen LogP contribution in [0.5, 0.6) is 5.75 Å². The fourth-order valence-electron chi connectivity index (χ4n) is 2.66. The maximum absolute atomic E-state index is 12.4. The van der Waals surface area contributed by atoms with Crippen molar-refractivity contribution in [3.05, 3.63) is 70.7 Å². The zero-order chi connectivity index (χ0) is 21.2. The van der Waals surface area contributed by atoms with Gasteiger partial charge in [0.05, 0.1) is 6.10 Å². The maximum atomic E-state index is 12.4. The van der Waals surface area contributed by atoms with Gasteiger partial charge in [0.25, 0.3) is 0 Å². The summed E-state index contributed by atoms with van der Waals surface area (Å²) in [4.78, 5) is 23.1. The second-order valence-corrected chi connectivity index (χ2v) is 7.06. The highest BCUT2D eigenvalue weighted by Gasteiger charge is 2.27. The highest BCUT2D eigenvalue weighted by atomic mass is 79.9. The first-order valence-corrected chi connectivity index (χ1v) is 9.62. The van der Waals surface area contributed by atoms with Crippen molar-refractivity contribution >= 4 is 33.7 Å². The van der Waals surface area contributed by atoms with Gasteiger partial charge in [0, 0.05) is 23.3 Å². The van der Waals surface area contributed by atoms with E-state index in [1.807, 2.05) is 0 Å². The lowest BCUT2D eigenvalue weighted by Gasteiger charge is -2.26. The van der Waals surface area contributed by atoms with Gasteiger partial charge in [0.2, 0.25) is 0 Å². The second-order valence-electron chi connectivity index (χ2n) is 6.14. The Bertz CT molecular complexity index is 835. The first-order chi connectivity index (χ1) is 13.9. The van der Waals surface area contributed by atoms with Crippen LogP contribution in [0.25, 0.3) is 0 Å². The van der Waals surface area contributed by atoms with Gasteiger partial charge >= 0.3 is 12.1 Å². The number of aliphatic carboxylic acids is 1. The molecule has 2 rings (SSSR count). The lowest BCUT2D eigenvalue weighted by Crippen LogP contribution is -2.28. The molecule has 2 aromatic rings. The highest BCUT2D eigenvalue weighted by molar-refractivity contribution is 9.10. The van der Waals surface area contributed by atoms with Crippen molar-refractivity contribution < 1.29 is 29.3 Å². The number of halogens is 1. The van der Waals surface area contributed by atoms with E-state index in [1.54, 1.807) is 36.4 Å². The van der Waals surface area contributed by atoms with Crippen LogP contribution in [-0.4, -0.2) is 35.5 Å². The fourth-order valence-corrected chi connectivity index (χ4v) is 2.92. The molecule has 0 heterocycles. The van der Waals surface area contributed by atoms with Crippen molar-refractivity contribution in [1.82, 2.24) is 0 Å². The molecule has 0 radical (unpaired) electrons. The Labute approximate surface area is 177 Å². The van der Waals surface area contributed by atoms with E-state index in [0.717, 1.165) is 10.5 Å². The van der Waals surface area contributed by atoms with E-state index in [2.05, 4.69) is 21.2 Å². The SMILES string of the molecule is CO[C@H](CC/C=C/C(=O)O)[C@H](OC(=O)Nc1ccc(Br)cc1)c1ccc(O)cc1. The molecule has 7 nitrogen and oxygen atoms in total. The number of phenols is 1. The van der Waals surface area contributed by atoms with Crippen LogP contribution < -0.4 is 5.32 Å². The predicted octanol–water partition coefficient (Wildman–Crippen LogP) is 4.88. The number of anilines is 1. The lowest BCUT2D eigenvalue weighted by atomic mass is 10.00. The zero-order valence-electron chi connectivity index (χ0n) is 15.7. The van der Waals surface area contributed by atoms with Gasteiger partial charge in [0.15, 0.2) is 6.10 Å². The van der Waals surface area contributed by atoms with Gasteiger partial charge in [0.1, 0.15) is 5.75 Å². The van der Waals surface area contributed by atoms with Gasteiger partial charge in [-0.25, -0.2) is 9.59 Å². The number of rotatable bonds is 9. The van der Waals surface area contributed by atoms with E-state index >= 15 is 0 Å². The third kappa shape index (κ3) is 7.59. The van der Waals surface area contributed by atoms with Gasteiger partial charge in [-0.3, -0.25) is 5.32 Å². The molecule has 0 saturated carbocycles. The number of amides is 1. The number of nitrogens with one attached hydrogen (secondary N) is 1. The average Bonchev–Trinajstić information content (AvgIpc) is 2.69. The topological polar surface area (TPSA) is 105 Å². The van der Waals surface area contributed by atoms with E-state index in [1.165, 1.54) is 25.3 Å². The molecule has 2 aromatic carbocycles. The fraction of sp³-hybridized carbons (Fsp3) is 0.238. The quantitative estimate of drug-likeness (QED) is 0.457. The molecule has 0 bridgehead atoms. The normalized spacial score (nSPS) is 13.0. The van der Waals surface area contributed by atoms with Crippen LogP contribution >= 0.6 is 15.9 Å². The third-order valence-corrected chi connectivity index (χ3v) is 4.59. The number of aromatic hydroxyl groups is 1. The minimum atomic E-state index is -1.03. The summed E-state index contributed by atoms with van der Waals surface area (Å²) in [7, 11) is 1.50. The van der Waals surface area contributed by atoms with Gasteiger partial charge < -0.3 is 19.7 Å². The number of phenolic OH excluding ortho intramolecular Hbond substituents is 1. The summed E-state index contributed by atoms with van der Waals surface area (Å²) in [5.74, 6) is -0.940. The molecule has 8 heteroatoms. The number of carbonyl (C=O) groups is 2.